The summed E-state index contributed by atoms with van der Waals surface area (Å²) in [7, 11) is 0. The van der Waals surface area contributed by atoms with Crippen molar-refractivity contribution < 1.29 is 29.6 Å². The number of carbonyl (C=O) groups excluding carboxylic acids is 1. The molecule has 1 heterocycles. The van der Waals surface area contributed by atoms with Gasteiger partial charge in [0.2, 0.25) is 12.7 Å². The van der Waals surface area contributed by atoms with E-state index in [-0.39, 0.29) is 41.7 Å². The number of ether oxygens (including phenoxy) is 2. The van der Waals surface area contributed by atoms with Crippen molar-refractivity contribution in [2.45, 2.75) is 103 Å². The van der Waals surface area contributed by atoms with E-state index >= 15 is 0 Å². The van der Waals surface area contributed by atoms with Crippen LogP contribution in [0.1, 0.15) is 84.1 Å². The predicted octanol–water partition coefficient (Wildman–Crippen LogP) is 4.41. The Bertz CT molecular complexity index is 1080. The molecular formula is C32H47NO6. The van der Waals surface area contributed by atoms with Gasteiger partial charge in [-0.15, -0.1) is 0 Å². The lowest BCUT2D eigenvalue weighted by atomic mass is 9.43. The maximum atomic E-state index is 12.8. The minimum atomic E-state index is -0.395. The quantitative estimate of drug-likeness (QED) is 0.425. The van der Waals surface area contributed by atoms with Gasteiger partial charge >= 0.3 is 0 Å². The van der Waals surface area contributed by atoms with Crippen molar-refractivity contribution in [3.63, 3.8) is 0 Å². The third-order valence-corrected chi connectivity index (χ3v) is 12.3. The third kappa shape index (κ3) is 4.57. The van der Waals surface area contributed by atoms with Crippen molar-refractivity contribution in [2.75, 3.05) is 6.79 Å². The summed E-state index contributed by atoms with van der Waals surface area (Å²) in [6.45, 7) is 7.60. The Balaban J connectivity index is 1.08. The number of carbonyl (C=O) groups is 1. The van der Waals surface area contributed by atoms with Crippen LogP contribution in [0.5, 0.6) is 11.5 Å². The lowest BCUT2D eigenvalue weighted by Gasteiger charge is -2.63. The Labute approximate surface area is 232 Å². The average Bonchev–Trinajstić information content (AvgIpc) is 3.52. The van der Waals surface area contributed by atoms with Crippen molar-refractivity contribution in [1.29, 1.82) is 0 Å². The fourth-order valence-electron chi connectivity index (χ4n) is 10.0. The van der Waals surface area contributed by atoms with Gasteiger partial charge in [0, 0.05) is 13.0 Å². The van der Waals surface area contributed by atoms with E-state index in [2.05, 4.69) is 26.1 Å². The third-order valence-electron chi connectivity index (χ3n) is 12.3. The van der Waals surface area contributed by atoms with Gasteiger partial charge in [-0.25, -0.2) is 0 Å². The SMILES string of the molecule is CC(CCC(=O)NCc1ccc2c(c1)OCO2)C1CCC2C3C(O)CC4CC(O)CCC4(C)C3CC(O)C12C. The van der Waals surface area contributed by atoms with Crippen LogP contribution in [0.25, 0.3) is 0 Å². The number of rotatable bonds is 6. The first-order chi connectivity index (χ1) is 18.6. The number of hydrogen-bond donors (Lipinski definition) is 4. The first-order valence-corrected chi connectivity index (χ1v) is 15.3. The number of nitrogens with one attached hydrogen (secondary N) is 1. The van der Waals surface area contributed by atoms with Gasteiger partial charge in [0.05, 0.1) is 18.3 Å². The van der Waals surface area contributed by atoms with E-state index in [0.29, 0.717) is 42.6 Å². The molecule has 0 aromatic heterocycles. The molecule has 7 heteroatoms. The van der Waals surface area contributed by atoms with Crippen molar-refractivity contribution in [1.82, 2.24) is 5.32 Å². The topological polar surface area (TPSA) is 108 Å². The van der Waals surface area contributed by atoms with Crippen LogP contribution in [0, 0.1) is 46.3 Å². The van der Waals surface area contributed by atoms with Crippen molar-refractivity contribution >= 4 is 5.91 Å². The van der Waals surface area contributed by atoms with Crippen LogP contribution in [0.2, 0.25) is 0 Å². The molecule has 0 saturated heterocycles. The van der Waals surface area contributed by atoms with Crippen LogP contribution in [0.3, 0.4) is 0 Å². The highest BCUT2D eigenvalue weighted by Gasteiger charge is 2.65. The van der Waals surface area contributed by atoms with Crippen molar-refractivity contribution in [2.24, 2.45) is 46.3 Å². The predicted molar refractivity (Wildman–Crippen MR) is 147 cm³/mol. The number of amides is 1. The summed E-state index contributed by atoms with van der Waals surface area (Å²) < 4.78 is 10.8. The summed E-state index contributed by atoms with van der Waals surface area (Å²) >= 11 is 0. The molecule has 11 unspecified atom stereocenters. The highest BCUT2D eigenvalue weighted by molar-refractivity contribution is 5.75. The molecule has 7 nitrogen and oxygen atoms in total. The maximum Gasteiger partial charge on any atom is 0.231 e. The number of aliphatic hydroxyl groups excluding tert-OH is 3. The second-order valence-corrected chi connectivity index (χ2v) is 14.0. The molecule has 4 fully saturated rings. The Kier molecular flexibility index (Phi) is 7.16. The Morgan fingerprint density at radius 1 is 1.05 bits per heavy atom. The highest BCUT2D eigenvalue weighted by atomic mass is 16.7. The van der Waals surface area contributed by atoms with Crippen molar-refractivity contribution in [3.05, 3.63) is 23.8 Å². The molecule has 5 aliphatic rings. The smallest absolute Gasteiger partial charge is 0.231 e. The van der Waals surface area contributed by atoms with Crippen LogP contribution in [0.15, 0.2) is 18.2 Å². The molecule has 0 bridgehead atoms. The van der Waals surface area contributed by atoms with Gasteiger partial charge < -0.3 is 30.1 Å². The molecule has 4 aliphatic carbocycles. The average molecular weight is 542 g/mol. The number of aliphatic hydroxyl groups is 3. The number of fused-ring (bicyclic) bond motifs is 6. The van der Waals surface area contributed by atoms with Crippen LogP contribution < -0.4 is 14.8 Å². The summed E-state index contributed by atoms with van der Waals surface area (Å²) in [4.78, 5) is 12.8. The van der Waals surface area contributed by atoms with E-state index in [9.17, 15) is 20.1 Å². The van der Waals surface area contributed by atoms with Crippen LogP contribution in [-0.4, -0.2) is 46.3 Å². The molecule has 4 saturated carbocycles. The van der Waals surface area contributed by atoms with Gasteiger partial charge in [-0.05, 0) is 115 Å². The molecule has 4 N–H and O–H groups in total. The Morgan fingerprint density at radius 3 is 2.67 bits per heavy atom. The van der Waals surface area contributed by atoms with Gasteiger partial charge in [-0.2, -0.15) is 0 Å². The molecule has 216 valence electrons. The molecule has 6 rings (SSSR count). The minimum absolute atomic E-state index is 0.0460. The molecular weight excluding hydrogens is 494 g/mol. The first-order valence-electron chi connectivity index (χ1n) is 15.3. The zero-order valence-corrected chi connectivity index (χ0v) is 23.8. The van der Waals surface area contributed by atoms with E-state index < -0.39 is 6.10 Å². The Hall–Kier alpha value is -1.83. The molecule has 11 atom stereocenters. The number of hydrogen-bond acceptors (Lipinski definition) is 6. The van der Waals surface area contributed by atoms with E-state index in [1.807, 2.05) is 18.2 Å². The first kappa shape index (κ1) is 27.3. The largest absolute Gasteiger partial charge is 0.454 e. The molecule has 0 spiro atoms. The summed E-state index contributed by atoms with van der Waals surface area (Å²) in [6, 6.07) is 5.75. The molecule has 1 amide bonds. The minimum Gasteiger partial charge on any atom is -0.454 e. The fraction of sp³-hybridized carbons (Fsp3) is 0.781. The van der Waals surface area contributed by atoms with Gasteiger partial charge in [0.25, 0.3) is 0 Å². The van der Waals surface area contributed by atoms with E-state index in [0.717, 1.165) is 68.4 Å². The Morgan fingerprint density at radius 2 is 1.85 bits per heavy atom. The lowest BCUT2D eigenvalue weighted by Crippen LogP contribution is -2.62. The summed E-state index contributed by atoms with van der Waals surface area (Å²) in [5.74, 6) is 3.33. The molecule has 1 aromatic carbocycles. The standard InChI is InChI=1S/C32H47NO6/c1-18(4-9-29(37)33-16-19-5-8-26-27(12-19)39-17-38-26)22-6-7-23-30-24(15-28(36)32(22,23)3)31(2)11-10-21(34)13-20(31)14-25(30)35/h5,8,12,18,20-25,28,30,34-36H,4,6-7,9-11,13-17H2,1-3H3,(H,33,37). The van der Waals surface area contributed by atoms with Crippen LogP contribution in [0.4, 0.5) is 0 Å². The lowest BCUT2D eigenvalue weighted by molar-refractivity contribution is -0.207. The monoisotopic (exact) mass is 541 g/mol. The summed E-state index contributed by atoms with van der Waals surface area (Å²) in [6.07, 6.45) is 6.48. The second-order valence-electron chi connectivity index (χ2n) is 14.0. The fourth-order valence-corrected chi connectivity index (χ4v) is 10.0. The molecule has 1 aliphatic heterocycles. The zero-order chi connectivity index (χ0) is 27.5. The van der Waals surface area contributed by atoms with Gasteiger partial charge in [0.15, 0.2) is 11.5 Å². The zero-order valence-electron chi connectivity index (χ0n) is 23.8. The second kappa shape index (κ2) is 10.2. The van der Waals surface area contributed by atoms with E-state index in [4.69, 9.17) is 9.47 Å². The molecule has 39 heavy (non-hydrogen) atoms. The van der Waals surface area contributed by atoms with E-state index in [1.54, 1.807) is 0 Å². The summed E-state index contributed by atoms with van der Waals surface area (Å²) in [5.41, 5.74) is 0.841. The van der Waals surface area contributed by atoms with Gasteiger partial charge in [0.1, 0.15) is 0 Å². The maximum absolute atomic E-state index is 12.8. The van der Waals surface area contributed by atoms with Gasteiger partial charge in [-0.3, -0.25) is 4.79 Å². The normalized spacial score (nSPS) is 43.2. The molecule has 1 aromatic rings. The van der Waals surface area contributed by atoms with Crippen LogP contribution in [-0.2, 0) is 11.3 Å². The summed E-state index contributed by atoms with van der Waals surface area (Å²) in [5, 5.41) is 36.6. The van der Waals surface area contributed by atoms with Crippen LogP contribution >= 0.6 is 0 Å². The molecule has 0 radical (unpaired) electrons. The number of benzene rings is 1. The van der Waals surface area contributed by atoms with Gasteiger partial charge in [-0.1, -0.05) is 26.8 Å². The van der Waals surface area contributed by atoms with Crippen molar-refractivity contribution in [3.8, 4) is 11.5 Å². The van der Waals surface area contributed by atoms with E-state index in [1.165, 1.54) is 0 Å². The highest BCUT2D eigenvalue weighted by Crippen LogP contribution is 2.68.